The number of hydrogen-bond acceptors (Lipinski definition) is 2. The largest absolute Gasteiger partial charge is 0.315 e. The molecule has 3 atom stereocenters. The molecule has 2 heteroatoms. The van der Waals surface area contributed by atoms with E-state index < -0.39 is 0 Å². The Hall–Kier alpha value is -0.0800. The van der Waals surface area contributed by atoms with Crippen LogP contribution in [0.3, 0.4) is 0 Å². The molecule has 0 spiro atoms. The van der Waals surface area contributed by atoms with E-state index in [-0.39, 0.29) is 0 Å². The van der Waals surface area contributed by atoms with Gasteiger partial charge in [-0.1, -0.05) is 34.1 Å². The standard InChI is InChI=1S/C15H32N2/c1-5-10-17(15-8-9-16-12-15)14(7-3)11-13(4)6-2/h13-16H,5-12H2,1-4H3. The number of rotatable bonds is 8. The number of hydrogen-bond donors (Lipinski definition) is 1. The van der Waals surface area contributed by atoms with E-state index in [4.69, 9.17) is 0 Å². The van der Waals surface area contributed by atoms with Gasteiger partial charge in [-0.25, -0.2) is 0 Å². The Morgan fingerprint density at radius 2 is 2.00 bits per heavy atom. The van der Waals surface area contributed by atoms with E-state index >= 15 is 0 Å². The summed E-state index contributed by atoms with van der Waals surface area (Å²) in [5.41, 5.74) is 0. The summed E-state index contributed by atoms with van der Waals surface area (Å²) in [6, 6.07) is 1.60. The first-order valence-electron chi connectivity index (χ1n) is 7.69. The van der Waals surface area contributed by atoms with Gasteiger partial charge in [0.1, 0.15) is 0 Å². The Kier molecular flexibility index (Phi) is 7.14. The molecule has 0 saturated carbocycles. The molecule has 1 heterocycles. The van der Waals surface area contributed by atoms with Gasteiger partial charge in [0.15, 0.2) is 0 Å². The van der Waals surface area contributed by atoms with Crippen LogP contribution in [0, 0.1) is 5.92 Å². The lowest BCUT2D eigenvalue weighted by Crippen LogP contribution is -2.45. The van der Waals surface area contributed by atoms with Gasteiger partial charge < -0.3 is 5.32 Å². The van der Waals surface area contributed by atoms with Crippen LogP contribution in [0.15, 0.2) is 0 Å². The van der Waals surface area contributed by atoms with Crippen LogP contribution < -0.4 is 5.32 Å². The predicted octanol–water partition coefficient (Wildman–Crippen LogP) is 3.28. The zero-order valence-corrected chi connectivity index (χ0v) is 12.3. The fourth-order valence-corrected chi connectivity index (χ4v) is 3.01. The van der Waals surface area contributed by atoms with Crippen molar-refractivity contribution < 1.29 is 0 Å². The van der Waals surface area contributed by atoms with E-state index in [1.54, 1.807) is 0 Å². The van der Waals surface area contributed by atoms with Crippen LogP contribution in [0.25, 0.3) is 0 Å². The third-order valence-electron chi connectivity index (χ3n) is 4.30. The van der Waals surface area contributed by atoms with Crippen molar-refractivity contribution in [2.24, 2.45) is 5.92 Å². The van der Waals surface area contributed by atoms with Gasteiger partial charge >= 0.3 is 0 Å². The Morgan fingerprint density at radius 1 is 1.24 bits per heavy atom. The summed E-state index contributed by atoms with van der Waals surface area (Å²) in [4.78, 5) is 2.80. The highest BCUT2D eigenvalue weighted by Crippen LogP contribution is 2.22. The minimum absolute atomic E-state index is 0.795. The molecule has 0 aromatic heterocycles. The molecule has 1 aliphatic heterocycles. The Bertz CT molecular complexity index is 187. The molecule has 0 aliphatic carbocycles. The van der Waals surface area contributed by atoms with E-state index in [0.717, 1.165) is 18.0 Å². The van der Waals surface area contributed by atoms with E-state index in [1.165, 1.54) is 51.7 Å². The minimum atomic E-state index is 0.795. The normalized spacial score (nSPS) is 24.2. The van der Waals surface area contributed by atoms with Crippen LogP contribution in [0.1, 0.15) is 59.8 Å². The Balaban J connectivity index is 2.57. The highest BCUT2D eigenvalue weighted by atomic mass is 15.2. The first kappa shape index (κ1) is 15.0. The zero-order chi connectivity index (χ0) is 12.7. The van der Waals surface area contributed by atoms with Crippen molar-refractivity contribution in [3.05, 3.63) is 0 Å². The van der Waals surface area contributed by atoms with Crippen molar-refractivity contribution in [1.82, 2.24) is 10.2 Å². The topological polar surface area (TPSA) is 15.3 Å². The fourth-order valence-electron chi connectivity index (χ4n) is 3.01. The minimum Gasteiger partial charge on any atom is -0.315 e. The van der Waals surface area contributed by atoms with Crippen molar-refractivity contribution in [3.63, 3.8) is 0 Å². The maximum atomic E-state index is 3.52. The molecule has 0 radical (unpaired) electrons. The van der Waals surface area contributed by atoms with E-state index in [9.17, 15) is 0 Å². The summed E-state index contributed by atoms with van der Waals surface area (Å²) < 4.78 is 0. The lowest BCUT2D eigenvalue weighted by Gasteiger charge is -2.37. The first-order valence-corrected chi connectivity index (χ1v) is 7.69. The van der Waals surface area contributed by atoms with Gasteiger partial charge in [0.2, 0.25) is 0 Å². The third-order valence-corrected chi connectivity index (χ3v) is 4.30. The highest BCUT2D eigenvalue weighted by Gasteiger charge is 2.27. The molecule has 0 amide bonds. The summed E-state index contributed by atoms with van der Waals surface area (Å²) in [5.74, 6) is 0.869. The molecule has 1 aliphatic rings. The molecule has 2 nitrogen and oxygen atoms in total. The second-order valence-electron chi connectivity index (χ2n) is 5.70. The van der Waals surface area contributed by atoms with Crippen LogP contribution in [0.4, 0.5) is 0 Å². The van der Waals surface area contributed by atoms with Crippen molar-refractivity contribution in [2.45, 2.75) is 71.9 Å². The summed E-state index contributed by atoms with van der Waals surface area (Å²) >= 11 is 0. The average molecular weight is 240 g/mol. The molecule has 0 aromatic rings. The van der Waals surface area contributed by atoms with Crippen molar-refractivity contribution in [1.29, 1.82) is 0 Å². The van der Waals surface area contributed by atoms with Crippen LogP contribution >= 0.6 is 0 Å². The van der Waals surface area contributed by atoms with Crippen LogP contribution in [-0.2, 0) is 0 Å². The molecule has 17 heavy (non-hydrogen) atoms. The average Bonchev–Trinajstić information content (AvgIpc) is 2.86. The van der Waals surface area contributed by atoms with Crippen molar-refractivity contribution in [3.8, 4) is 0 Å². The summed E-state index contributed by atoms with van der Waals surface area (Å²) in [7, 11) is 0. The Morgan fingerprint density at radius 3 is 2.47 bits per heavy atom. The van der Waals surface area contributed by atoms with Gasteiger partial charge in [-0.05, 0) is 44.7 Å². The van der Waals surface area contributed by atoms with Crippen LogP contribution in [0.5, 0.6) is 0 Å². The van der Waals surface area contributed by atoms with E-state index in [0.29, 0.717) is 0 Å². The molecule has 1 fully saturated rings. The molecule has 0 aromatic carbocycles. The van der Waals surface area contributed by atoms with E-state index in [2.05, 4.69) is 37.9 Å². The Labute approximate surface area is 108 Å². The third kappa shape index (κ3) is 4.59. The van der Waals surface area contributed by atoms with Gasteiger partial charge in [0.05, 0.1) is 0 Å². The monoisotopic (exact) mass is 240 g/mol. The smallest absolute Gasteiger partial charge is 0.0235 e. The molecule has 0 bridgehead atoms. The predicted molar refractivity (Wildman–Crippen MR) is 76.4 cm³/mol. The molecule has 1 N–H and O–H groups in total. The summed E-state index contributed by atoms with van der Waals surface area (Å²) in [6.07, 6.45) is 6.63. The number of nitrogens with one attached hydrogen (secondary N) is 1. The maximum Gasteiger partial charge on any atom is 0.0235 e. The SMILES string of the molecule is CCCN(C1CCNC1)C(CC)CC(C)CC. The lowest BCUT2D eigenvalue weighted by atomic mass is 9.95. The number of nitrogens with zero attached hydrogens (tertiary/aromatic N) is 1. The lowest BCUT2D eigenvalue weighted by molar-refractivity contribution is 0.119. The quantitative estimate of drug-likeness (QED) is 0.700. The van der Waals surface area contributed by atoms with Crippen LogP contribution in [-0.4, -0.2) is 36.6 Å². The summed E-state index contributed by atoms with van der Waals surface area (Å²) in [6.45, 7) is 13.1. The van der Waals surface area contributed by atoms with Gasteiger partial charge in [0.25, 0.3) is 0 Å². The molecular formula is C15H32N2. The highest BCUT2D eigenvalue weighted by molar-refractivity contribution is 4.85. The molecule has 102 valence electrons. The molecule has 1 rings (SSSR count). The zero-order valence-electron chi connectivity index (χ0n) is 12.3. The van der Waals surface area contributed by atoms with Crippen molar-refractivity contribution >= 4 is 0 Å². The summed E-state index contributed by atoms with van der Waals surface area (Å²) in [5, 5.41) is 3.52. The molecule has 3 unspecified atom stereocenters. The van der Waals surface area contributed by atoms with Gasteiger partial charge in [-0.2, -0.15) is 0 Å². The molecular weight excluding hydrogens is 208 g/mol. The van der Waals surface area contributed by atoms with Crippen LogP contribution in [0.2, 0.25) is 0 Å². The van der Waals surface area contributed by atoms with Gasteiger partial charge in [-0.15, -0.1) is 0 Å². The second-order valence-corrected chi connectivity index (χ2v) is 5.70. The first-order chi connectivity index (χ1) is 8.22. The maximum absolute atomic E-state index is 3.52. The second kappa shape index (κ2) is 8.10. The van der Waals surface area contributed by atoms with Gasteiger partial charge in [0, 0.05) is 18.6 Å². The van der Waals surface area contributed by atoms with E-state index in [1.807, 2.05) is 0 Å². The fraction of sp³-hybridized carbons (Fsp3) is 1.00. The van der Waals surface area contributed by atoms with Gasteiger partial charge in [-0.3, -0.25) is 4.90 Å². The molecule has 1 saturated heterocycles. The van der Waals surface area contributed by atoms with Crippen molar-refractivity contribution in [2.75, 3.05) is 19.6 Å².